The second-order valence-electron chi connectivity index (χ2n) is 7.58. The largest absolute Gasteiger partial charge is 0.435 e. The molecule has 2 aliphatic carbocycles. The van der Waals surface area contributed by atoms with Crippen LogP contribution in [0.15, 0.2) is 18.2 Å². The molecule has 3 nitrogen and oxygen atoms in total. The molecular formula is C19H20F7NO2. The second kappa shape index (κ2) is 7.14. The van der Waals surface area contributed by atoms with Gasteiger partial charge in [-0.05, 0) is 48.6 Å². The number of aryl methyl sites for hydroxylation is 1. The van der Waals surface area contributed by atoms with Gasteiger partial charge in [-0.15, -0.1) is 0 Å². The number of hydrogen-bond donors (Lipinski definition) is 0. The Morgan fingerprint density at radius 3 is 2.21 bits per heavy atom. The lowest BCUT2D eigenvalue weighted by molar-refractivity contribution is -0.348. The molecular weight excluding hydrogens is 407 g/mol. The molecule has 3 rings (SSSR count). The monoisotopic (exact) mass is 427 g/mol. The van der Waals surface area contributed by atoms with Gasteiger partial charge >= 0.3 is 18.0 Å². The van der Waals surface area contributed by atoms with E-state index in [9.17, 15) is 35.5 Å². The van der Waals surface area contributed by atoms with Crippen molar-refractivity contribution in [3.63, 3.8) is 0 Å². The molecule has 0 aromatic heterocycles. The molecule has 1 fully saturated rings. The van der Waals surface area contributed by atoms with Crippen molar-refractivity contribution in [3.05, 3.63) is 34.9 Å². The fourth-order valence-corrected chi connectivity index (χ4v) is 4.69. The lowest BCUT2D eigenvalue weighted by Crippen LogP contribution is -2.50. The topological polar surface area (TPSA) is 29.5 Å². The summed E-state index contributed by atoms with van der Waals surface area (Å²) in [4.78, 5) is 17.4. The molecule has 10 heteroatoms. The van der Waals surface area contributed by atoms with E-state index >= 15 is 0 Å². The van der Waals surface area contributed by atoms with Gasteiger partial charge < -0.3 is 0 Å². The van der Waals surface area contributed by atoms with Gasteiger partial charge in [-0.25, -0.2) is 9.45 Å². The Morgan fingerprint density at radius 1 is 1.03 bits per heavy atom. The van der Waals surface area contributed by atoms with E-state index in [2.05, 4.69) is 0 Å². The molecule has 1 aromatic rings. The summed E-state index contributed by atoms with van der Waals surface area (Å²) in [7, 11) is 2.83. The van der Waals surface area contributed by atoms with Crippen molar-refractivity contribution in [2.75, 3.05) is 14.2 Å². The van der Waals surface area contributed by atoms with Crippen LogP contribution in [0.25, 0.3) is 0 Å². The van der Waals surface area contributed by atoms with Crippen molar-refractivity contribution in [1.82, 2.24) is 5.06 Å². The van der Waals surface area contributed by atoms with Crippen LogP contribution in [0.2, 0.25) is 0 Å². The molecule has 162 valence electrons. The van der Waals surface area contributed by atoms with Gasteiger partial charge in [-0.3, -0.25) is 9.63 Å². The van der Waals surface area contributed by atoms with Gasteiger partial charge in [-0.1, -0.05) is 18.2 Å². The summed E-state index contributed by atoms with van der Waals surface area (Å²) in [5, 5.41) is 1.12. The highest BCUT2D eigenvalue weighted by atomic mass is 19.4. The summed E-state index contributed by atoms with van der Waals surface area (Å²) in [6.07, 6.45) is -10.5. The predicted octanol–water partition coefficient (Wildman–Crippen LogP) is 5.05. The zero-order valence-corrected chi connectivity index (χ0v) is 15.7. The summed E-state index contributed by atoms with van der Waals surface area (Å²) in [6.45, 7) is 0. The molecule has 1 amide bonds. The van der Waals surface area contributed by atoms with Gasteiger partial charge in [0.2, 0.25) is 5.91 Å². The van der Waals surface area contributed by atoms with E-state index in [0.717, 1.165) is 11.1 Å². The van der Waals surface area contributed by atoms with Crippen molar-refractivity contribution in [3.8, 4) is 0 Å². The maximum Gasteiger partial charge on any atom is 0.435 e. The van der Waals surface area contributed by atoms with Crippen molar-refractivity contribution in [2.24, 2.45) is 11.8 Å². The average Bonchev–Trinajstić information content (AvgIpc) is 3.08. The first kappa shape index (κ1) is 21.9. The SMILES string of the molecule is CON(C)C(=O)[C@@H]1CCC2c3ccc(C(F)(C(F)(F)F)C(F)(F)F)cc3CCC21. The van der Waals surface area contributed by atoms with Crippen LogP contribution >= 0.6 is 0 Å². The molecule has 3 atom stereocenters. The Labute approximate surface area is 162 Å². The Kier molecular flexibility index (Phi) is 5.38. The number of amides is 1. The highest BCUT2D eigenvalue weighted by molar-refractivity contribution is 5.78. The highest BCUT2D eigenvalue weighted by Crippen LogP contribution is 2.55. The van der Waals surface area contributed by atoms with E-state index in [1.54, 1.807) is 0 Å². The van der Waals surface area contributed by atoms with E-state index < -0.39 is 23.6 Å². The number of nitrogens with zero attached hydrogens (tertiary/aromatic N) is 1. The molecule has 1 aromatic carbocycles. The number of hydroxylamine groups is 2. The first-order valence-corrected chi connectivity index (χ1v) is 9.10. The minimum atomic E-state index is -6.13. The molecule has 2 unspecified atom stereocenters. The minimum absolute atomic E-state index is 0.0844. The number of alkyl halides is 7. The fraction of sp³-hybridized carbons (Fsp3) is 0.632. The normalized spacial score (nSPS) is 24.8. The van der Waals surface area contributed by atoms with Crippen LogP contribution in [0.5, 0.6) is 0 Å². The van der Waals surface area contributed by atoms with Gasteiger partial charge in [0.1, 0.15) is 0 Å². The quantitative estimate of drug-likeness (QED) is 0.499. The number of halogens is 7. The van der Waals surface area contributed by atoms with Gasteiger partial charge in [0.05, 0.1) is 7.11 Å². The van der Waals surface area contributed by atoms with Crippen LogP contribution in [-0.2, 0) is 21.7 Å². The first-order valence-electron chi connectivity index (χ1n) is 9.10. The summed E-state index contributed by atoms with van der Waals surface area (Å²) < 4.78 is 92.6. The van der Waals surface area contributed by atoms with Crippen molar-refractivity contribution in [1.29, 1.82) is 0 Å². The second-order valence-corrected chi connectivity index (χ2v) is 7.58. The smallest absolute Gasteiger partial charge is 0.275 e. The number of hydrogen-bond acceptors (Lipinski definition) is 2. The average molecular weight is 427 g/mol. The summed E-state index contributed by atoms with van der Waals surface area (Å²) in [6, 6.07) is 2.40. The van der Waals surface area contributed by atoms with Crippen molar-refractivity contribution >= 4 is 5.91 Å². The third-order valence-electron chi connectivity index (χ3n) is 6.19. The number of carbonyl (C=O) groups is 1. The van der Waals surface area contributed by atoms with E-state index in [0.29, 0.717) is 37.0 Å². The Balaban J connectivity index is 1.95. The van der Waals surface area contributed by atoms with Gasteiger partial charge in [0, 0.05) is 18.5 Å². The molecule has 0 bridgehead atoms. The lowest BCUT2D eigenvalue weighted by atomic mass is 9.73. The van der Waals surface area contributed by atoms with Crippen LogP contribution in [0, 0.1) is 11.8 Å². The third kappa shape index (κ3) is 3.39. The highest BCUT2D eigenvalue weighted by Gasteiger charge is 2.73. The zero-order chi connectivity index (χ0) is 21.8. The summed E-state index contributed by atoms with van der Waals surface area (Å²) >= 11 is 0. The van der Waals surface area contributed by atoms with Crippen LogP contribution < -0.4 is 0 Å². The molecule has 0 aliphatic heterocycles. The Bertz CT molecular complexity index is 776. The summed E-state index contributed by atoms with van der Waals surface area (Å²) in [5.41, 5.74) is -6.03. The minimum Gasteiger partial charge on any atom is -0.275 e. The molecule has 0 radical (unpaired) electrons. The number of fused-ring (bicyclic) bond motifs is 3. The Morgan fingerprint density at radius 2 is 1.66 bits per heavy atom. The van der Waals surface area contributed by atoms with Crippen molar-refractivity contribution in [2.45, 2.75) is 49.6 Å². The Hall–Kier alpha value is -1.84. The van der Waals surface area contributed by atoms with E-state index in [1.165, 1.54) is 14.2 Å². The summed E-state index contributed by atoms with van der Waals surface area (Å²) in [5.74, 6) is -0.794. The van der Waals surface area contributed by atoms with E-state index in [1.807, 2.05) is 0 Å². The lowest BCUT2D eigenvalue weighted by Gasteiger charge is -2.34. The molecule has 0 saturated heterocycles. The molecule has 2 aliphatic rings. The fourth-order valence-electron chi connectivity index (χ4n) is 4.69. The maximum atomic E-state index is 14.4. The molecule has 29 heavy (non-hydrogen) atoms. The number of carbonyl (C=O) groups excluding carboxylic acids is 1. The zero-order valence-electron chi connectivity index (χ0n) is 15.7. The van der Waals surface area contributed by atoms with Gasteiger partial charge in [-0.2, -0.15) is 26.3 Å². The first-order chi connectivity index (χ1) is 13.3. The van der Waals surface area contributed by atoms with Gasteiger partial charge in [0.15, 0.2) is 0 Å². The van der Waals surface area contributed by atoms with Crippen molar-refractivity contribution < 1.29 is 40.4 Å². The standard InChI is InChI=1S/C19H20F7NO2/c1-27(29-2)16(28)15-8-7-13-12-6-4-11(9-10(12)3-5-14(13)15)17(20,18(21,22)23)19(24,25)26/h4,6,9,13-15H,3,5,7-8H2,1-2H3/t13?,14?,15-/m1/s1. The van der Waals surface area contributed by atoms with E-state index in [-0.39, 0.29) is 35.6 Å². The van der Waals surface area contributed by atoms with Crippen LogP contribution in [0.1, 0.15) is 41.9 Å². The van der Waals surface area contributed by atoms with Crippen LogP contribution in [0.4, 0.5) is 30.7 Å². The molecule has 1 saturated carbocycles. The molecule has 0 spiro atoms. The van der Waals surface area contributed by atoms with E-state index in [4.69, 9.17) is 4.84 Å². The van der Waals surface area contributed by atoms with Gasteiger partial charge in [0.25, 0.3) is 0 Å². The third-order valence-corrected chi connectivity index (χ3v) is 6.19. The molecule has 0 heterocycles. The molecule has 0 N–H and O–H groups in total. The van der Waals surface area contributed by atoms with Crippen LogP contribution in [-0.4, -0.2) is 37.5 Å². The number of rotatable bonds is 3. The van der Waals surface area contributed by atoms with Crippen LogP contribution in [0.3, 0.4) is 0 Å². The maximum absolute atomic E-state index is 14.4. The number of benzene rings is 1. The predicted molar refractivity (Wildman–Crippen MR) is 88.4 cm³/mol.